The first-order valence-electron chi connectivity index (χ1n) is 9.70. The molecule has 0 heterocycles. The fraction of sp³-hybridized carbons (Fsp3) is 0.391. The lowest BCUT2D eigenvalue weighted by atomic mass is 10.0. The van der Waals surface area contributed by atoms with Crippen LogP contribution in [-0.2, 0) is 22.6 Å². The van der Waals surface area contributed by atoms with Gasteiger partial charge in [-0.15, -0.1) is 0 Å². The zero-order chi connectivity index (χ0) is 21.6. The van der Waals surface area contributed by atoms with Gasteiger partial charge in [0.1, 0.15) is 6.04 Å². The van der Waals surface area contributed by atoms with E-state index in [4.69, 9.17) is 23.2 Å². The summed E-state index contributed by atoms with van der Waals surface area (Å²) in [6.45, 7) is 7.95. The number of benzene rings is 2. The molecule has 1 N–H and O–H groups in total. The van der Waals surface area contributed by atoms with Crippen molar-refractivity contribution in [2.75, 3.05) is 0 Å². The molecule has 2 aromatic rings. The first-order valence-corrected chi connectivity index (χ1v) is 10.5. The van der Waals surface area contributed by atoms with Crippen molar-refractivity contribution < 1.29 is 9.59 Å². The third-order valence-corrected chi connectivity index (χ3v) is 5.16. The maximum atomic E-state index is 13.2. The van der Waals surface area contributed by atoms with Gasteiger partial charge >= 0.3 is 0 Å². The Balaban J connectivity index is 2.32. The topological polar surface area (TPSA) is 49.4 Å². The monoisotopic (exact) mass is 434 g/mol. The minimum atomic E-state index is -0.583. The maximum Gasteiger partial charge on any atom is 0.243 e. The summed E-state index contributed by atoms with van der Waals surface area (Å²) in [6.07, 6.45) is 0.727. The lowest BCUT2D eigenvalue weighted by Gasteiger charge is -2.33. The minimum absolute atomic E-state index is 0.113. The molecule has 2 amide bonds. The summed E-state index contributed by atoms with van der Waals surface area (Å²) in [5.74, 6) is -0.278. The third-order valence-electron chi connectivity index (χ3n) is 4.42. The van der Waals surface area contributed by atoms with Gasteiger partial charge in [0.2, 0.25) is 11.8 Å². The molecule has 1 unspecified atom stereocenters. The van der Waals surface area contributed by atoms with E-state index < -0.39 is 6.04 Å². The summed E-state index contributed by atoms with van der Waals surface area (Å²) in [7, 11) is 0. The predicted molar refractivity (Wildman–Crippen MR) is 119 cm³/mol. The highest BCUT2D eigenvalue weighted by Gasteiger charge is 2.30. The number of amides is 2. The Morgan fingerprint density at radius 3 is 2.21 bits per heavy atom. The van der Waals surface area contributed by atoms with Crippen molar-refractivity contribution in [3.8, 4) is 0 Å². The van der Waals surface area contributed by atoms with Crippen LogP contribution in [0.5, 0.6) is 0 Å². The van der Waals surface area contributed by atoms with Gasteiger partial charge in [-0.3, -0.25) is 9.59 Å². The molecule has 0 saturated carbocycles. The van der Waals surface area contributed by atoms with Crippen LogP contribution in [0.4, 0.5) is 0 Å². The smallest absolute Gasteiger partial charge is 0.243 e. The van der Waals surface area contributed by atoms with Crippen LogP contribution in [0.25, 0.3) is 0 Å². The molecular formula is C23H28Cl2N2O2. The van der Waals surface area contributed by atoms with E-state index in [0.717, 1.165) is 11.1 Å². The second-order valence-corrected chi connectivity index (χ2v) is 8.91. The van der Waals surface area contributed by atoms with Crippen LogP contribution in [0.2, 0.25) is 10.0 Å². The SMILES string of the molecule is CCC(C(=O)NC(C)(C)C)N(Cc1ccc(Cl)c(Cl)c1)C(=O)Cc1ccccc1. The van der Waals surface area contributed by atoms with E-state index in [1.807, 2.05) is 64.1 Å². The molecule has 0 aromatic heterocycles. The van der Waals surface area contributed by atoms with Crippen molar-refractivity contribution >= 4 is 35.0 Å². The van der Waals surface area contributed by atoms with Crippen molar-refractivity contribution in [1.82, 2.24) is 10.2 Å². The zero-order valence-electron chi connectivity index (χ0n) is 17.3. The van der Waals surface area contributed by atoms with E-state index in [2.05, 4.69) is 5.32 Å². The van der Waals surface area contributed by atoms with Crippen LogP contribution < -0.4 is 5.32 Å². The van der Waals surface area contributed by atoms with Crippen LogP contribution in [0, 0.1) is 0 Å². The van der Waals surface area contributed by atoms with Crippen LogP contribution in [-0.4, -0.2) is 28.3 Å². The van der Waals surface area contributed by atoms with Gasteiger partial charge < -0.3 is 10.2 Å². The number of hydrogen-bond acceptors (Lipinski definition) is 2. The molecule has 0 spiro atoms. The lowest BCUT2D eigenvalue weighted by Crippen LogP contribution is -2.53. The number of rotatable bonds is 7. The molecule has 0 saturated heterocycles. The summed E-state index contributed by atoms with van der Waals surface area (Å²) >= 11 is 12.2. The molecule has 4 nitrogen and oxygen atoms in total. The Morgan fingerprint density at radius 1 is 1.00 bits per heavy atom. The highest BCUT2D eigenvalue weighted by Crippen LogP contribution is 2.24. The number of hydrogen-bond donors (Lipinski definition) is 1. The molecule has 0 aliphatic heterocycles. The molecule has 0 bridgehead atoms. The number of carbonyl (C=O) groups excluding carboxylic acids is 2. The van der Waals surface area contributed by atoms with Gasteiger partial charge in [-0.05, 0) is 50.5 Å². The predicted octanol–water partition coefficient (Wildman–Crippen LogP) is 5.26. The van der Waals surface area contributed by atoms with Gasteiger partial charge in [0, 0.05) is 12.1 Å². The summed E-state index contributed by atoms with van der Waals surface area (Å²) in [4.78, 5) is 27.8. The van der Waals surface area contributed by atoms with Gasteiger partial charge in [-0.1, -0.05) is 66.5 Å². The normalized spacial score (nSPS) is 12.3. The molecule has 2 rings (SSSR count). The molecule has 0 radical (unpaired) electrons. The largest absolute Gasteiger partial charge is 0.350 e. The zero-order valence-corrected chi connectivity index (χ0v) is 18.8. The van der Waals surface area contributed by atoms with E-state index in [1.165, 1.54) is 0 Å². The number of halogens is 2. The summed E-state index contributed by atoms with van der Waals surface area (Å²) in [5, 5.41) is 3.87. The van der Waals surface area contributed by atoms with E-state index in [-0.39, 0.29) is 30.3 Å². The van der Waals surface area contributed by atoms with Gasteiger partial charge in [-0.25, -0.2) is 0 Å². The van der Waals surface area contributed by atoms with E-state index in [0.29, 0.717) is 16.5 Å². The van der Waals surface area contributed by atoms with E-state index in [1.54, 1.807) is 17.0 Å². The molecule has 2 aromatic carbocycles. The number of nitrogens with zero attached hydrogens (tertiary/aromatic N) is 1. The Hall–Kier alpha value is -2.04. The quantitative estimate of drug-likeness (QED) is 0.645. The number of carbonyl (C=O) groups is 2. The molecule has 156 valence electrons. The van der Waals surface area contributed by atoms with Crippen molar-refractivity contribution in [3.63, 3.8) is 0 Å². The Kier molecular flexibility index (Phi) is 8.12. The Labute approximate surface area is 183 Å². The molecule has 0 aliphatic rings. The fourth-order valence-corrected chi connectivity index (χ4v) is 3.40. The lowest BCUT2D eigenvalue weighted by molar-refractivity contribution is -0.141. The summed E-state index contributed by atoms with van der Waals surface area (Å²) in [5.41, 5.74) is 1.34. The summed E-state index contributed by atoms with van der Waals surface area (Å²) < 4.78 is 0. The molecule has 6 heteroatoms. The van der Waals surface area contributed by atoms with Gasteiger partial charge in [0.15, 0.2) is 0 Å². The number of nitrogens with one attached hydrogen (secondary N) is 1. The van der Waals surface area contributed by atoms with Crippen LogP contribution in [0.1, 0.15) is 45.2 Å². The van der Waals surface area contributed by atoms with Crippen molar-refractivity contribution in [1.29, 1.82) is 0 Å². The third kappa shape index (κ3) is 7.06. The van der Waals surface area contributed by atoms with Crippen LogP contribution >= 0.6 is 23.2 Å². The van der Waals surface area contributed by atoms with Crippen LogP contribution in [0.15, 0.2) is 48.5 Å². The van der Waals surface area contributed by atoms with Gasteiger partial charge in [-0.2, -0.15) is 0 Å². The molecular weight excluding hydrogens is 407 g/mol. The summed E-state index contributed by atoms with van der Waals surface area (Å²) in [6, 6.07) is 14.2. The molecule has 0 fully saturated rings. The Bertz CT molecular complexity index is 848. The average Bonchev–Trinajstić information content (AvgIpc) is 2.63. The van der Waals surface area contributed by atoms with E-state index >= 15 is 0 Å². The molecule has 0 aliphatic carbocycles. The minimum Gasteiger partial charge on any atom is -0.350 e. The van der Waals surface area contributed by atoms with Crippen LogP contribution in [0.3, 0.4) is 0 Å². The van der Waals surface area contributed by atoms with Gasteiger partial charge in [0.05, 0.1) is 16.5 Å². The fourth-order valence-electron chi connectivity index (χ4n) is 3.08. The van der Waals surface area contributed by atoms with Gasteiger partial charge in [0.25, 0.3) is 0 Å². The van der Waals surface area contributed by atoms with Crippen molar-refractivity contribution in [2.24, 2.45) is 0 Å². The van der Waals surface area contributed by atoms with E-state index in [9.17, 15) is 9.59 Å². The van der Waals surface area contributed by atoms with Crippen molar-refractivity contribution in [3.05, 3.63) is 69.7 Å². The second kappa shape index (κ2) is 10.1. The first kappa shape index (κ1) is 23.2. The average molecular weight is 435 g/mol. The highest BCUT2D eigenvalue weighted by molar-refractivity contribution is 6.42. The highest BCUT2D eigenvalue weighted by atomic mass is 35.5. The second-order valence-electron chi connectivity index (χ2n) is 8.10. The standard InChI is InChI=1S/C23H28Cl2N2O2/c1-5-20(22(29)26-23(2,3)4)27(15-17-11-12-18(24)19(25)13-17)21(28)14-16-9-7-6-8-10-16/h6-13,20H,5,14-15H2,1-4H3,(H,26,29). The first-order chi connectivity index (χ1) is 13.6. The molecule has 29 heavy (non-hydrogen) atoms. The Morgan fingerprint density at radius 2 is 1.66 bits per heavy atom. The van der Waals surface area contributed by atoms with Crippen molar-refractivity contribution in [2.45, 2.75) is 58.7 Å². The molecule has 1 atom stereocenters. The maximum absolute atomic E-state index is 13.2.